The average molecular weight is 350 g/mol. The summed E-state index contributed by atoms with van der Waals surface area (Å²) in [5, 5.41) is 2.90. The summed E-state index contributed by atoms with van der Waals surface area (Å²) in [5.74, 6) is -0.777. The summed E-state index contributed by atoms with van der Waals surface area (Å²) in [4.78, 5) is 37.2. The van der Waals surface area contributed by atoms with E-state index in [-0.39, 0.29) is 36.7 Å². The van der Waals surface area contributed by atoms with E-state index in [9.17, 15) is 18.8 Å². The fourth-order valence-electron chi connectivity index (χ4n) is 2.73. The second-order valence-corrected chi connectivity index (χ2v) is 5.96. The zero-order valence-corrected chi connectivity index (χ0v) is 14.3. The second kappa shape index (κ2) is 9.15. The van der Waals surface area contributed by atoms with Gasteiger partial charge in [-0.3, -0.25) is 9.59 Å². The predicted octanol–water partition coefficient (Wildman–Crippen LogP) is 2.53. The van der Waals surface area contributed by atoms with Gasteiger partial charge in [-0.2, -0.15) is 0 Å². The molecule has 1 aromatic carbocycles. The van der Waals surface area contributed by atoms with Crippen molar-refractivity contribution in [3.05, 3.63) is 35.6 Å². The molecule has 1 saturated heterocycles. The first-order valence-corrected chi connectivity index (χ1v) is 8.49. The van der Waals surface area contributed by atoms with Gasteiger partial charge in [0.05, 0.1) is 6.61 Å². The van der Waals surface area contributed by atoms with E-state index in [0.717, 1.165) is 0 Å². The van der Waals surface area contributed by atoms with E-state index in [2.05, 4.69) is 5.32 Å². The molecule has 25 heavy (non-hydrogen) atoms. The van der Waals surface area contributed by atoms with Gasteiger partial charge in [-0.15, -0.1) is 0 Å². The molecule has 0 atom stereocenters. The number of ether oxygens (including phenoxy) is 1. The van der Waals surface area contributed by atoms with Gasteiger partial charge in [-0.25, -0.2) is 9.18 Å². The number of piperidine rings is 1. The quantitative estimate of drug-likeness (QED) is 0.800. The normalized spacial score (nSPS) is 14.9. The Morgan fingerprint density at radius 1 is 1.16 bits per heavy atom. The highest BCUT2D eigenvalue weighted by molar-refractivity contribution is 5.97. The number of rotatable bonds is 6. The van der Waals surface area contributed by atoms with E-state index in [1.807, 2.05) is 0 Å². The van der Waals surface area contributed by atoms with Crippen LogP contribution in [0, 0.1) is 5.82 Å². The molecule has 0 spiro atoms. The second-order valence-electron chi connectivity index (χ2n) is 5.96. The van der Waals surface area contributed by atoms with E-state index in [1.54, 1.807) is 11.8 Å². The van der Waals surface area contributed by atoms with Gasteiger partial charge in [0.25, 0.3) is 0 Å². The maximum atomic E-state index is 12.8. The standard InChI is InChI=1S/C18H23FN2O4/c1-2-25-18(24)21-11-9-15(10-12-21)20-17(23)8-7-16(22)13-3-5-14(19)6-4-13/h3-6,15H,2,7-12H2,1H3,(H,20,23). The summed E-state index contributed by atoms with van der Waals surface area (Å²) in [6.45, 7) is 3.19. The molecule has 1 fully saturated rings. The van der Waals surface area contributed by atoms with Crippen LogP contribution in [-0.4, -0.2) is 48.4 Å². The highest BCUT2D eigenvalue weighted by atomic mass is 19.1. The van der Waals surface area contributed by atoms with E-state index in [0.29, 0.717) is 38.1 Å². The lowest BCUT2D eigenvalue weighted by Gasteiger charge is -2.31. The molecule has 0 aromatic heterocycles. The van der Waals surface area contributed by atoms with Crippen molar-refractivity contribution < 1.29 is 23.5 Å². The van der Waals surface area contributed by atoms with Crippen LogP contribution in [0.2, 0.25) is 0 Å². The van der Waals surface area contributed by atoms with Gasteiger partial charge in [0.15, 0.2) is 5.78 Å². The van der Waals surface area contributed by atoms with Crippen LogP contribution in [0.15, 0.2) is 24.3 Å². The number of benzene rings is 1. The summed E-state index contributed by atoms with van der Waals surface area (Å²) in [5.41, 5.74) is 0.400. The Kier molecular flexibility index (Phi) is 6.91. The van der Waals surface area contributed by atoms with Crippen molar-refractivity contribution in [3.63, 3.8) is 0 Å². The molecule has 1 aromatic rings. The average Bonchev–Trinajstić information content (AvgIpc) is 2.61. The first kappa shape index (κ1) is 18.9. The molecule has 1 aliphatic heterocycles. The van der Waals surface area contributed by atoms with E-state index < -0.39 is 5.82 Å². The molecular formula is C18H23FN2O4. The third-order valence-electron chi connectivity index (χ3n) is 4.13. The fourth-order valence-corrected chi connectivity index (χ4v) is 2.73. The van der Waals surface area contributed by atoms with Crippen LogP contribution < -0.4 is 5.32 Å². The van der Waals surface area contributed by atoms with Gasteiger partial charge in [0.2, 0.25) is 5.91 Å². The number of nitrogens with zero attached hydrogens (tertiary/aromatic N) is 1. The molecule has 136 valence electrons. The van der Waals surface area contributed by atoms with Crippen molar-refractivity contribution in [2.45, 2.75) is 38.6 Å². The summed E-state index contributed by atoms with van der Waals surface area (Å²) >= 11 is 0. The third kappa shape index (κ3) is 5.85. The van der Waals surface area contributed by atoms with Crippen LogP contribution in [0.4, 0.5) is 9.18 Å². The van der Waals surface area contributed by atoms with Crippen molar-refractivity contribution in [3.8, 4) is 0 Å². The lowest BCUT2D eigenvalue weighted by Crippen LogP contribution is -2.46. The molecule has 7 heteroatoms. The monoisotopic (exact) mass is 350 g/mol. The van der Waals surface area contributed by atoms with Crippen molar-refractivity contribution in [1.29, 1.82) is 0 Å². The molecule has 0 bridgehead atoms. The van der Waals surface area contributed by atoms with Crippen LogP contribution >= 0.6 is 0 Å². The minimum atomic E-state index is -0.400. The van der Waals surface area contributed by atoms with E-state index in [4.69, 9.17) is 4.74 Å². The molecule has 0 unspecified atom stereocenters. The van der Waals surface area contributed by atoms with Gasteiger partial charge < -0.3 is 15.0 Å². The Bertz CT molecular complexity index is 610. The van der Waals surface area contributed by atoms with E-state index >= 15 is 0 Å². The van der Waals surface area contributed by atoms with Gasteiger partial charge >= 0.3 is 6.09 Å². The van der Waals surface area contributed by atoms with Crippen molar-refractivity contribution in [2.24, 2.45) is 0 Å². The number of ketones is 1. The van der Waals surface area contributed by atoms with Crippen molar-refractivity contribution >= 4 is 17.8 Å². The first-order chi connectivity index (χ1) is 12.0. The lowest BCUT2D eigenvalue weighted by molar-refractivity contribution is -0.122. The van der Waals surface area contributed by atoms with Gasteiger partial charge in [0.1, 0.15) is 5.82 Å². The summed E-state index contributed by atoms with van der Waals surface area (Å²) in [6, 6.07) is 5.29. The molecule has 1 heterocycles. The summed E-state index contributed by atoms with van der Waals surface area (Å²) in [6.07, 6.45) is 1.18. The number of Topliss-reactive ketones (excluding diaryl/α,β-unsaturated/α-hetero) is 1. The molecule has 0 aliphatic carbocycles. The molecule has 0 saturated carbocycles. The van der Waals surface area contributed by atoms with E-state index in [1.165, 1.54) is 24.3 Å². The number of carbonyl (C=O) groups is 3. The Hall–Kier alpha value is -2.44. The molecule has 2 amide bonds. The molecular weight excluding hydrogens is 327 g/mol. The number of likely N-dealkylation sites (tertiary alicyclic amines) is 1. The molecule has 2 rings (SSSR count). The zero-order chi connectivity index (χ0) is 18.2. The number of halogens is 1. The highest BCUT2D eigenvalue weighted by Gasteiger charge is 2.24. The summed E-state index contributed by atoms with van der Waals surface area (Å²) in [7, 11) is 0. The first-order valence-electron chi connectivity index (χ1n) is 8.49. The SMILES string of the molecule is CCOC(=O)N1CCC(NC(=O)CCC(=O)c2ccc(F)cc2)CC1. The van der Waals surface area contributed by atoms with Gasteiger partial charge in [0, 0.05) is 37.5 Å². The Morgan fingerprint density at radius 3 is 2.40 bits per heavy atom. The molecule has 1 aliphatic rings. The summed E-state index contributed by atoms with van der Waals surface area (Å²) < 4.78 is 17.8. The predicted molar refractivity (Wildman–Crippen MR) is 89.7 cm³/mol. The Morgan fingerprint density at radius 2 is 1.80 bits per heavy atom. The number of amides is 2. The van der Waals surface area contributed by atoms with Gasteiger partial charge in [-0.05, 0) is 44.0 Å². The molecule has 1 N–H and O–H groups in total. The maximum absolute atomic E-state index is 12.8. The largest absolute Gasteiger partial charge is 0.450 e. The minimum Gasteiger partial charge on any atom is -0.450 e. The number of carbonyl (C=O) groups excluding carboxylic acids is 3. The lowest BCUT2D eigenvalue weighted by atomic mass is 10.0. The Balaban J connectivity index is 1.70. The molecule has 0 radical (unpaired) electrons. The Labute approximate surface area is 146 Å². The van der Waals surface area contributed by atoms with Crippen LogP contribution in [0.25, 0.3) is 0 Å². The van der Waals surface area contributed by atoms with Crippen LogP contribution in [0.3, 0.4) is 0 Å². The maximum Gasteiger partial charge on any atom is 0.409 e. The number of hydrogen-bond donors (Lipinski definition) is 1. The minimum absolute atomic E-state index is 0.000834. The topological polar surface area (TPSA) is 75.7 Å². The van der Waals surface area contributed by atoms with Crippen LogP contribution in [-0.2, 0) is 9.53 Å². The number of hydrogen-bond acceptors (Lipinski definition) is 4. The van der Waals surface area contributed by atoms with Crippen LogP contribution in [0.5, 0.6) is 0 Å². The van der Waals surface area contributed by atoms with Crippen LogP contribution in [0.1, 0.15) is 43.0 Å². The fraction of sp³-hybridized carbons (Fsp3) is 0.500. The molecule has 6 nitrogen and oxygen atoms in total. The zero-order valence-electron chi connectivity index (χ0n) is 14.3. The smallest absolute Gasteiger partial charge is 0.409 e. The highest BCUT2D eigenvalue weighted by Crippen LogP contribution is 2.12. The van der Waals surface area contributed by atoms with Gasteiger partial charge in [-0.1, -0.05) is 0 Å². The third-order valence-corrected chi connectivity index (χ3v) is 4.13. The van der Waals surface area contributed by atoms with Crippen molar-refractivity contribution in [1.82, 2.24) is 10.2 Å². The van der Waals surface area contributed by atoms with Crippen molar-refractivity contribution in [2.75, 3.05) is 19.7 Å². The number of nitrogens with one attached hydrogen (secondary N) is 1.